The van der Waals surface area contributed by atoms with Crippen molar-refractivity contribution in [2.75, 3.05) is 13.6 Å². The van der Waals surface area contributed by atoms with Crippen LogP contribution in [0.4, 0.5) is 4.39 Å². The van der Waals surface area contributed by atoms with Gasteiger partial charge in [0.25, 0.3) is 0 Å². The Morgan fingerprint density at radius 3 is 2.76 bits per heavy atom. The molecule has 0 amide bonds. The first-order valence-corrected chi connectivity index (χ1v) is 5.60. The van der Waals surface area contributed by atoms with E-state index in [2.05, 4.69) is 0 Å². The van der Waals surface area contributed by atoms with Gasteiger partial charge in [0.2, 0.25) is 0 Å². The average molecular weight is 239 g/mol. The molecule has 1 aromatic carbocycles. The Bertz CT molecular complexity index is 379. The summed E-state index contributed by atoms with van der Waals surface area (Å²) in [6, 6.07) is 6.35. The maximum absolute atomic E-state index is 12.9. The summed E-state index contributed by atoms with van der Waals surface area (Å²) >= 11 is 0. The fourth-order valence-electron chi connectivity index (χ4n) is 1.52. The Labute approximate surface area is 101 Å². The fourth-order valence-corrected chi connectivity index (χ4v) is 1.52. The minimum atomic E-state index is -0.265. The molecule has 0 aromatic heterocycles. The van der Waals surface area contributed by atoms with Crippen LogP contribution in [0.15, 0.2) is 24.3 Å². The van der Waals surface area contributed by atoms with Crippen LogP contribution in [0.1, 0.15) is 19.4 Å². The summed E-state index contributed by atoms with van der Waals surface area (Å²) in [7, 11) is 1.80. The quantitative estimate of drug-likeness (QED) is 0.738. The van der Waals surface area contributed by atoms with E-state index in [1.165, 1.54) is 12.1 Å². The molecule has 17 heavy (non-hydrogen) atoms. The first-order chi connectivity index (χ1) is 7.97. The Balaban J connectivity index is 2.44. The Hall–Kier alpha value is -1.42. The number of halogens is 1. The molecule has 3 nitrogen and oxygen atoms in total. The maximum Gasteiger partial charge on any atom is 0.320 e. The van der Waals surface area contributed by atoms with Crippen molar-refractivity contribution >= 4 is 5.97 Å². The van der Waals surface area contributed by atoms with Crippen molar-refractivity contribution in [3.63, 3.8) is 0 Å². The molecule has 0 aliphatic carbocycles. The molecule has 0 aliphatic heterocycles. The van der Waals surface area contributed by atoms with E-state index in [4.69, 9.17) is 4.74 Å². The summed E-state index contributed by atoms with van der Waals surface area (Å²) in [5.74, 6) is -0.528. The molecule has 0 aliphatic rings. The SMILES string of the molecule is CC(C)OC(=O)CN(C)Cc1cccc(F)c1. The number of rotatable bonds is 5. The van der Waals surface area contributed by atoms with Crippen molar-refractivity contribution in [1.29, 1.82) is 0 Å². The summed E-state index contributed by atoms with van der Waals surface area (Å²) < 4.78 is 18.0. The lowest BCUT2D eigenvalue weighted by Gasteiger charge is -2.16. The predicted octanol–water partition coefficient (Wildman–Crippen LogP) is 2.21. The van der Waals surface area contributed by atoms with Crippen molar-refractivity contribution < 1.29 is 13.9 Å². The van der Waals surface area contributed by atoms with Crippen LogP contribution in [0.25, 0.3) is 0 Å². The Morgan fingerprint density at radius 1 is 1.47 bits per heavy atom. The lowest BCUT2D eigenvalue weighted by Crippen LogP contribution is -2.28. The average Bonchev–Trinajstić information content (AvgIpc) is 2.14. The molecule has 1 rings (SSSR count). The molecule has 0 unspecified atom stereocenters. The van der Waals surface area contributed by atoms with Crippen LogP contribution in [0.2, 0.25) is 0 Å². The lowest BCUT2D eigenvalue weighted by atomic mass is 10.2. The van der Waals surface area contributed by atoms with Crippen molar-refractivity contribution in [2.24, 2.45) is 0 Å². The van der Waals surface area contributed by atoms with Gasteiger partial charge in [-0.3, -0.25) is 9.69 Å². The summed E-state index contributed by atoms with van der Waals surface area (Å²) in [4.78, 5) is 13.2. The molecule has 4 heteroatoms. The van der Waals surface area contributed by atoms with Crippen LogP contribution in [-0.2, 0) is 16.1 Å². The number of nitrogens with zero attached hydrogens (tertiary/aromatic N) is 1. The first-order valence-electron chi connectivity index (χ1n) is 5.60. The molecule has 0 atom stereocenters. The van der Waals surface area contributed by atoms with E-state index in [-0.39, 0.29) is 24.4 Å². The van der Waals surface area contributed by atoms with Gasteiger partial charge in [0.05, 0.1) is 12.6 Å². The number of hydrogen-bond donors (Lipinski definition) is 0. The smallest absolute Gasteiger partial charge is 0.320 e. The van der Waals surface area contributed by atoms with Gasteiger partial charge in [0.15, 0.2) is 0 Å². The molecule has 94 valence electrons. The van der Waals surface area contributed by atoms with E-state index in [1.807, 2.05) is 19.9 Å². The lowest BCUT2D eigenvalue weighted by molar-refractivity contribution is -0.148. The third-order valence-electron chi connectivity index (χ3n) is 2.11. The van der Waals surface area contributed by atoms with E-state index in [9.17, 15) is 9.18 Å². The van der Waals surface area contributed by atoms with Gasteiger partial charge in [0.1, 0.15) is 5.82 Å². The Morgan fingerprint density at radius 2 is 2.18 bits per heavy atom. The number of esters is 1. The highest BCUT2D eigenvalue weighted by Gasteiger charge is 2.09. The standard InChI is InChI=1S/C13H18FNO2/c1-10(2)17-13(16)9-15(3)8-11-5-4-6-12(14)7-11/h4-7,10H,8-9H2,1-3H3. The number of ether oxygens (including phenoxy) is 1. The number of carbonyl (C=O) groups excluding carboxylic acids is 1. The number of carbonyl (C=O) groups is 1. The monoisotopic (exact) mass is 239 g/mol. The highest BCUT2D eigenvalue weighted by atomic mass is 19.1. The maximum atomic E-state index is 12.9. The minimum absolute atomic E-state index is 0.106. The largest absolute Gasteiger partial charge is 0.462 e. The van der Waals surface area contributed by atoms with Crippen LogP contribution in [-0.4, -0.2) is 30.6 Å². The van der Waals surface area contributed by atoms with Gasteiger partial charge >= 0.3 is 5.97 Å². The molecule has 0 saturated carbocycles. The van der Waals surface area contributed by atoms with E-state index >= 15 is 0 Å². The van der Waals surface area contributed by atoms with Gasteiger partial charge in [-0.05, 0) is 38.6 Å². The highest BCUT2D eigenvalue weighted by Crippen LogP contribution is 2.06. The van der Waals surface area contributed by atoms with Crippen LogP contribution in [0, 0.1) is 5.82 Å². The number of likely N-dealkylation sites (N-methyl/N-ethyl adjacent to an activating group) is 1. The summed E-state index contributed by atoms with van der Waals surface area (Å²) in [5, 5.41) is 0. The van der Waals surface area contributed by atoms with Crippen molar-refractivity contribution in [1.82, 2.24) is 4.90 Å². The molecule has 0 spiro atoms. The van der Waals surface area contributed by atoms with Gasteiger partial charge < -0.3 is 4.74 Å². The van der Waals surface area contributed by atoms with Crippen molar-refractivity contribution in [3.8, 4) is 0 Å². The zero-order valence-electron chi connectivity index (χ0n) is 10.4. The second kappa shape index (κ2) is 6.35. The second-order valence-corrected chi connectivity index (χ2v) is 4.34. The first kappa shape index (κ1) is 13.6. The van der Waals surface area contributed by atoms with Crippen LogP contribution in [0.5, 0.6) is 0 Å². The minimum Gasteiger partial charge on any atom is -0.462 e. The van der Waals surface area contributed by atoms with Gasteiger partial charge in [-0.2, -0.15) is 0 Å². The fraction of sp³-hybridized carbons (Fsp3) is 0.462. The molecule has 0 heterocycles. The summed E-state index contributed by atoms with van der Waals surface area (Å²) in [6.45, 7) is 4.34. The molecule has 1 aromatic rings. The molecule has 0 fully saturated rings. The predicted molar refractivity (Wildman–Crippen MR) is 64.0 cm³/mol. The summed E-state index contributed by atoms with van der Waals surface area (Å²) in [5.41, 5.74) is 0.838. The van der Waals surface area contributed by atoms with Gasteiger partial charge in [-0.15, -0.1) is 0 Å². The number of hydrogen-bond acceptors (Lipinski definition) is 3. The van der Waals surface area contributed by atoms with E-state index in [0.29, 0.717) is 6.54 Å². The summed E-state index contributed by atoms with van der Waals surface area (Å²) in [6.07, 6.45) is -0.106. The topological polar surface area (TPSA) is 29.5 Å². The van der Waals surface area contributed by atoms with Crippen LogP contribution in [0.3, 0.4) is 0 Å². The van der Waals surface area contributed by atoms with Crippen LogP contribution >= 0.6 is 0 Å². The third kappa shape index (κ3) is 5.45. The van der Waals surface area contributed by atoms with E-state index in [1.54, 1.807) is 18.0 Å². The van der Waals surface area contributed by atoms with Gasteiger partial charge in [-0.1, -0.05) is 12.1 Å². The van der Waals surface area contributed by atoms with Crippen LogP contribution < -0.4 is 0 Å². The molecular weight excluding hydrogens is 221 g/mol. The highest BCUT2D eigenvalue weighted by molar-refractivity contribution is 5.71. The zero-order valence-corrected chi connectivity index (χ0v) is 10.4. The van der Waals surface area contributed by atoms with Crippen molar-refractivity contribution in [3.05, 3.63) is 35.6 Å². The third-order valence-corrected chi connectivity index (χ3v) is 2.11. The molecular formula is C13H18FNO2. The zero-order chi connectivity index (χ0) is 12.8. The van der Waals surface area contributed by atoms with Crippen molar-refractivity contribution in [2.45, 2.75) is 26.5 Å². The van der Waals surface area contributed by atoms with Gasteiger partial charge in [0, 0.05) is 6.54 Å². The Kier molecular flexibility index (Phi) is 5.10. The van der Waals surface area contributed by atoms with E-state index < -0.39 is 0 Å². The van der Waals surface area contributed by atoms with Gasteiger partial charge in [-0.25, -0.2) is 4.39 Å². The molecule has 0 radical (unpaired) electrons. The second-order valence-electron chi connectivity index (χ2n) is 4.34. The number of benzene rings is 1. The molecule has 0 bridgehead atoms. The molecule has 0 saturated heterocycles. The van der Waals surface area contributed by atoms with E-state index in [0.717, 1.165) is 5.56 Å². The normalized spacial score (nSPS) is 10.9. The molecule has 0 N–H and O–H groups in total.